The average molecular weight is 336 g/mol. The fraction of sp³-hybridized carbons (Fsp3) is 0. The minimum atomic E-state index is 0. The molecular formula is H6CoFe4O3. The van der Waals surface area contributed by atoms with Crippen molar-refractivity contribution < 1.29 is 101 Å². The quantitative estimate of drug-likeness (QED) is 0.438. The summed E-state index contributed by atoms with van der Waals surface area (Å²) in [6, 6.07) is 0. The van der Waals surface area contributed by atoms with E-state index in [1.165, 1.54) is 0 Å². The van der Waals surface area contributed by atoms with Crippen LogP contribution >= 0.6 is 0 Å². The maximum atomic E-state index is 0. The van der Waals surface area contributed by atoms with E-state index in [-0.39, 0.29) is 101 Å². The Morgan fingerprint density at radius 2 is 0.375 bits per heavy atom. The first-order chi connectivity index (χ1) is 0. The molecular weight excluding hydrogens is 330 g/mol. The van der Waals surface area contributed by atoms with Crippen LogP contribution in [0, 0.1) is 0 Å². The van der Waals surface area contributed by atoms with Gasteiger partial charge >= 0.3 is 0 Å². The van der Waals surface area contributed by atoms with Crippen LogP contribution in [-0.4, -0.2) is 16.4 Å². The van der Waals surface area contributed by atoms with Crippen molar-refractivity contribution in [2.24, 2.45) is 0 Å². The van der Waals surface area contributed by atoms with Crippen LogP contribution < -0.4 is 0 Å². The molecule has 65 valence electrons. The van der Waals surface area contributed by atoms with Gasteiger partial charge in [-0.25, -0.2) is 0 Å². The van der Waals surface area contributed by atoms with Crippen LogP contribution in [0.5, 0.6) is 0 Å². The third-order valence-corrected chi connectivity index (χ3v) is 0. The minimum Gasteiger partial charge on any atom is -0.412 e. The molecule has 0 aromatic rings. The van der Waals surface area contributed by atoms with Gasteiger partial charge in [0.25, 0.3) is 0 Å². The number of hydrogen-bond donors (Lipinski definition) is 0. The van der Waals surface area contributed by atoms with Gasteiger partial charge in [-0.05, 0) is 0 Å². The summed E-state index contributed by atoms with van der Waals surface area (Å²) >= 11 is 0. The van der Waals surface area contributed by atoms with Crippen LogP contribution in [0.4, 0.5) is 0 Å². The van der Waals surface area contributed by atoms with Gasteiger partial charge in [0.15, 0.2) is 0 Å². The maximum absolute atomic E-state index is 0. The van der Waals surface area contributed by atoms with Crippen molar-refractivity contribution >= 4 is 0 Å². The first kappa shape index (κ1) is 154. The molecule has 0 aliphatic heterocycles. The molecule has 0 unspecified atom stereocenters. The summed E-state index contributed by atoms with van der Waals surface area (Å²) in [5, 5.41) is 0. The number of hydrogen-bond acceptors (Lipinski definition) is 0. The minimum absolute atomic E-state index is 0. The smallest absolute Gasteiger partial charge is 0 e. The van der Waals surface area contributed by atoms with E-state index < -0.39 is 0 Å². The summed E-state index contributed by atoms with van der Waals surface area (Å²) in [6.07, 6.45) is 0. The maximum Gasteiger partial charge on any atom is 0 e. The van der Waals surface area contributed by atoms with E-state index in [9.17, 15) is 0 Å². The molecule has 0 aromatic carbocycles. The van der Waals surface area contributed by atoms with E-state index in [1.807, 2.05) is 0 Å². The molecule has 6 N–H and O–H groups in total. The molecule has 8 heavy (non-hydrogen) atoms. The molecule has 1 radical (unpaired) electrons. The first-order valence-corrected chi connectivity index (χ1v) is 0. The molecule has 0 saturated carbocycles. The van der Waals surface area contributed by atoms with Crippen molar-refractivity contribution in [1.82, 2.24) is 0 Å². The Labute approximate surface area is 101 Å². The van der Waals surface area contributed by atoms with Gasteiger partial charge in [0.1, 0.15) is 0 Å². The summed E-state index contributed by atoms with van der Waals surface area (Å²) < 4.78 is 0. The van der Waals surface area contributed by atoms with E-state index in [0.717, 1.165) is 0 Å². The summed E-state index contributed by atoms with van der Waals surface area (Å²) in [5.41, 5.74) is 0. The van der Waals surface area contributed by atoms with Crippen molar-refractivity contribution in [2.75, 3.05) is 0 Å². The average Bonchev–Trinajstić information content (AvgIpc) is 0. The van der Waals surface area contributed by atoms with E-state index in [2.05, 4.69) is 0 Å². The largest absolute Gasteiger partial charge is 0.412 e. The third kappa shape index (κ3) is 77.7. The topological polar surface area (TPSA) is 94.5 Å². The van der Waals surface area contributed by atoms with Gasteiger partial charge in [0, 0.05) is 85.1 Å². The normalized spacial score (nSPS) is 0. The van der Waals surface area contributed by atoms with Crippen molar-refractivity contribution in [3.63, 3.8) is 0 Å². The third-order valence-electron chi connectivity index (χ3n) is 0. The molecule has 8 heteroatoms. The van der Waals surface area contributed by atoms with Gasteiger partial charge in [-0.2, -0.15) is 0 Å². The van der Waals surface area contributed by atoms with E-state index in [4.69, 9.17) is 0 Å². The van der Waals surface area contributed by atoms with Crippen LogP contribution in [0.3, 0.4) is 0 Å². The molecule has 0 aliphatic rings. The van der Waals surface area contributed by atoms with Crippen LogP contribution in [-0.2, 0) is 85.1 Å². The molecule has 0 aromatic heterocycles. The standard InChI is InChI=1S/Co.4Fe.3H2O/h;;;;;3*1H2. The van der Waals surface area contributed by atoms with Gasteiger partial charge in [-0.1, -0.05) is 0 Å². The van der Waals surface area contributed by atoms with E-state index in [0.29, 0.717) is 0 Å². The van der Waals surface area contributed by atoms with Gasteiger partial charge in [0.05, 0.1) is 0 Å². The van der Waals surface area contributed by atoms with Crippen LogP contribution in [0.2, 0.25) is 0 Å². The molecule has 0 atom stereocenters. The van der Waals surface area contributed by atoms with E-state index >= 15 is 0 Å². The van der Waals surface area contributed by atoms with Gasteiger partial charge in [-0.15, -0.1) is 0 Å². The second-order valence-corrected chi connectivity index (χ2v) is 0. The summed E-state index contributed by atoms with van der Waals surface area (Å²) in [5.74, 6) is 0. The number of rotatable bonds is 0. The van der Waals surface area contributed by atoms with Crippen molar-refractivity contribution in [2.45, 2.75) is 0 Å². The predicted octanol–water partition coefficient (Wildman–Crippen LogP) is -2.49. The zero-order chi connectivity index (χ0) is 0. The first-order valence-electron chi connectivity index (χ1n) is 0. The van der Waals surface area contributed by atoms with Crippen LogP contribution in [0.1, 0.15) is 0 Å². The summed E-state index contributed by atoms with van der Waals surface area (Å²) in [7, 11) is 0. The van der Waals surface area contributed by atoms with Gasteiger partial charge in [-0.3, -0.25) is 0 Å². The fourth-order valence-corrected chi connectivity index (χ4v) is 0. The van der Waals surface area contributed by atoms with Gasteiger partial charge < -0.3 is 16.4 Å². The SMILES string of the molecule is O.O.O.[Co].[Fe].[Fe].[Fe].[Fe]. The Morgan fingerprint density at radius 3 is 0.375 bits per heavy atom. The van der Waals surface area contributed by atoms with Gasteiger partial charge in [0.2, 0.25) is 0 Å². The monoisotopic (exact) mass is 337 g/mol. The fourth-order valence-electron chi connectivity index (χ4n) is 0. The second kappa shape index (κ2) is 112. The van der Waals surface area contributed by atoms with E-state index in [1.54, 1.807) is 0 Å². The zero-order valence-electron chi connectivity index (χ0n) is 3.25. The van der Waals surface area contributed by atoms with Crippen LogP contribution in [0.15, 0.2) is 0 Å². The van der Waals surface area contributed by atoms with Crippen molar-refractivity contribution in [1.29, 1.82) is 0 Å². The van der Waals surface area contributed by atoms with Crippen molar-refractivity contribution in [3.05, 3.63) is 0 Å². The molecule has 0 amide bonds. The Hall–Kier alpha value is 2.46. The molecule has 3 nitrogen and oxygen atoms in total. The molecule has 0 rings (SSSR count). The van der Waals surface area contributed by atoms with Crippen LogP contribution in [0.25, 0.3) is 0 Å². The Balaban J connectivity index is 0. The molecule has 0 saturated heterocycles. The molecule has 0 bridgehead atoms. The Kier molecular flexibility index (Phi) is 2150. The zero-order valence-corrected chi connectivity index (χ0v) is 8.71. The Bertz CT molecular complexity index is 11.2. The molecule has 0 spiro atoms. The molecule has 0 heterocycles. The predicted molar refractivity (Wildman–Crippen MR) is 10.8 cm³/mol. The molecule has 0 aliphatic carbocycles. The van der Waals surface area contributed by atoms with Crippen molar-refractivity contribution in [3.8, 4) is 0 Å². The second-order valence-electron chi connectivity index (χ2n) is 0. The molecule has 0 fully saturated rings. The summed E-state index contributed by atoms with van der Waals surface area (Å²) in [4.78, 5) is 0. The Morgan fingerprint density at radius 1 is 0.375 bits per heavy atom. The summed E-state index contributed by atoms with van der Waals surface area (Å²) in [6.45, 7) is 0.